The number of aromatic nitrogens is 1. The van der Waals surface area contributed by atoms with Gasteiger partial charge < -0.3 is 17.7 Å². The Bertz CT molecular complexity index is 293. The number of halogens is 4. The lowest BCUT2D eigenvalue weighted by Crippen LogP contribution is -2.26. The van der Waals surface area contributed by atoms with E-state index in [0.29, 0.717) is 0 Å². The highest BCUT2D eigenvalue weighted by atomic mass is 35.5. The normalized spacial score (nSPS) is 11.4. The van der Waals surface area contributed by atoms with E-state index in [1.807, 2.05) is 0 Å². The summed E-state index contributed by atoms with van der Waals surface area (Å²) in [5, 5.41) is 0.243. The lowest BCUT2D eigenvalue weighted by molar-refractivity contribution is 0.312. The molecule has 0 saturated carbocycles. The molecule has 0 aromatic carbocycles. The first-order chi connectivity index (χ1) is 5.97. The van der Waals surface area contributed by atoms with Crippen LogP contribution >= 0.6 is 11.6 Å². The van der Waals surface area contributed by atoms with Crippen LogP contribution in [0, 0.1) is 0 Å². The molecule has 1 rings (SSSR count). The number of rotatable bonds is 3. The van der Waals surface area contributed by atoms with Crippen molar-refractivity contribution in [3.05, 3.63) is 23.5 Å². The fourth-order valence-corrected chi connectivity index (χ4v) is 0.826. The molecule has 0 N–H and O–H groups in total. The molecule has 0 aliphatic carbocycles. The van der Waals surface area contributed by atoms with Crippen LogP contribution < -0.4 is 4.74 Å². The molecule has 0 atom stereocenters. The highest BCUT2D eigenvalue weighted by Crippen LogP contribution is 2.17. The Morgan fingerprint density at radius 3 is 2.62 bits per heavy atom. The second-order valence-corrected chi connectivity index (χ2v) is 2.80. The minimum Gasteiger partial charge on any atom is -0.520 e. The lowest BCUT2D eigenvalue weighted by atomic mass is 9.95. The van der Waals surface area contributed by atoms with Crippen LogP contribution in [0.4, 0.5) is 12.9 Å². The highest BCUT2D eigenvalue weighted by molar-refractivity contribution is 6.58. The maximum absolute atomic E-state index is 11.7. The summed E-state index contributed by atoms with van der Waals surface area (Å²) in [5.41, 5.74) is 0. The molecule has 1 heterocycles. The second-order valence-electron chi connectivity index (χ2n) is 2.36. The molecule has 7 heteroatoms. The van der Waals surface area contributed by atoms with Crippen molar-refractivity contribution in [1.82, 2.24) is 4.98 Å². The Balaban J connectivity index is 2.55. The molecular formula is C6H5BClF3NO-. The molecule has 0 unspecified atom stereocenters. The molecule has 0 amide bonds. The number of ether oxygens (including phenoxy) is 1. The summed E-state index contributed by atoms with van der Waals surface area (Å²) in [6.07, 6.45) is 2.49. The molecule has 0 radical (unpaired) electrons. The predicted molar refractivity (Wildman–Crippen MR) is 43.8 cm³/mol. The molecule has 0 aliphatic rings. The molecule has 0 saturated heterocycles. The largest absolute Gasteiger partial charge is 0.520 e. The highest BCUT2D eigenvalue weighted by Gasteiger charge is 2.24. The van der Waals surface area contributed by atoms with E-state index in [1.165, 1.54) is 18.5 Å². The van der Waals surface area contributed by atoms with Crippen molar-refractivity contribution in [1.29, 1.82) is 0 Å². The van der Waals surface area contributed by atoms with Crippen LogP contribution in [0.15, 0.2) is 18.5 Å². The zero-order chi connectivity index (χ0) is 9.90. The molecule has 0 aliphatic heterocycles. The van der Waals surface area contributed by atoms with Gasteiger partial charge in [0.25, 0.3) is 0 Å². The summed E-state index contributed by atoms with van der Waals surface area (Å²) in [7, 11) is 0. The molecule has 1 aromatic rings. The molecular weight excluding hydrogens is 205 g/mol. The Morgan fingerprint density at radius 2 is 2.08 bits per heavy atom. The average molecular weight is 210 g/mol. The van der Waals surface area contributed by atoms with Gasteiger partial charge >= 0.3 is 6.98 Å². The summed E-state index contributed by atoms with van der Waals surface area (Å²) in [4.78, 5) is 3.57. The smallest absolute Gasteiger partial charge is 0.515 e. The van der Waals surface area contributed by atoms with Gasteiger partial charge in [0.15, 0.2) is 0 Å². The molecule has 0 spiro atoms. The average Bonchev–Trinajstić information content (AvgIpc) is 2.00. The predicted octanol–water partition coefficient (Wildman–Crippen LogP) is 2.50. The van der Waals surface area contributed by atoms with Crippen LogP contribution in [0.5, 0.6) is 5.75 Å². The van der Waals surface area contributed by atoms with Gasteiger partial charge in [-0.25, -0.2) is 0 Å². The SMILES string of the molecule is F[B-](F)(F)COc1cncc(Cl)c1. The van der Waals surface area contributed by atoms with Crippen molar-refractivity contribution in [2.75, 3.05) is 6.51 Å². The van der Waals surface area contributed by atoms with E-state index in [4.69, 9.17) is 11.6 Å². The van der Waals surface area contributed by atoms with E-state index in [1.54, 1.807) is 0 Å². The second kappa shape index (κ2) is 3.87. The van der Waals surface area contributed by atoms with E-state index in [0.717, 1.165) is 0 Å². The van der Waals surface area contributed by atoms with Gasteiger partial charge in [0.05, 0.1) is 17.7 Å². The van der Waals surface area contributed by atoms with Crippen LogP contribution in [0.1, 0.15) is 0 Å². The van der Waals surface area contributed by atoms with E-state index >= 15 is 0 Å². The zero-order valence-corrected chi connectivity index (χ0v) is 7.14. The van der Waals surface area contributed by atoms with Gasteiger partial charge in [-0.3, -0.25) is 4.98 Å². The maximum Gasteiger partial charge on any atom is 0.515 e. The first-order valence-corrected chi connectivity index (χ1v) is 3.79. The fourth-order valence-electron chi connectivity index (χ4n) is 0.662. The third-order valence-corrected chi connectivity index (χ3v) is 1.33. The third-order valence-electron chi connectivity index (χ3n) is 1.12. The Kier molecular flexibility index (Phi) is 3.03. The van der Waals surface area contributed by atoms with Crippen LogP contribution in [0.3, 0.4) is 0 Å². The minimum absolute atomic E-state index is 0.0201. The lowest BCUT2D eigenvalue weighted by Gasteiger charge is -2.14. The Hall–Kier alpha value is -0.905. The van der Waals surface area contributed by atoms with Crippen molar-refractivity contribution >= 4 is 18.6 Å². The number of hydrogen-bond donors (Lipinski definition) is 0. The zero-order valence-electron chi connectivity index (χ0n) is 6.38. The fraction of sp³-hybridized carbons (Fsp3) is 0.167. The molecule has 13 heavy (non-hydrogen) atoms. The van der Waals surface area contributed by atoms with Crippen molar-refractivity contribution in [2.45, 2.75) is 0 Å². The Labute approximate surface area is 77.7 Å². The molecule has 0 bridgehead atoms. The van der Waals surface area contributed by atoms with Gasteiger partial charge in [0.2, 0.25) is 0 Å². The third kappa shape index (κ3) is 4.03. The van der Waals surface area contributed by atoms with E-state index < -0.39 is 13.5 Å². The van der Waals surface area contributed by atoms with Gasteiger partial charge in [-0.05, 0) is 0 Å². The van der Waals surface area contributed by atoms with Crippen LogP contribution in [0.25, 0.3) is 0 Å². The van der Waals surface area contributed by atoms with Crippen molar-refractivity contribution in [3.8, 4) is 5.75 Å². The first-order valence-electron chi connectivity index (χ1n) is 3.42. The van der Waals surface area contributed by atoms with E-state index in [2.05, 4.69) is 9.72 Å². The topological polar surface area (TPSA) is 22.1 Å². The van der Waals surface area contributed by atoms with Crippen molar-refractivity contribution in [3.63, 3.8) is 0 Å². The summed E-state index contributed by atoms with van der Waals surface area (Å²) in [6, 6.07) is 1.27. The van der Waals surface area contributed by atoms with Crippen molar-refractivity contribution < 1.29 is 17.7 Å². The van der Waals surface area contributed by atoms with Gasteiger partial charge in [-0.1, -0.05) is 11.6 Å². The molecule has 0 fully saturated rings. The van der Waals surface area contributed by atoms with Crippen LogP contribution in [0.2, 0.25) is 5.02 Å². The first kappa shape index (κ1) is 10.2. The monoisotopic (exact) mass is 210 g/mol. The number of hydrogen-bond acceptors (Lipinski definition) is 2. The van der Waals surface area contributed by atoms with Crippen molar-refractivity contribution in [2.24, 2.45) is 0 Å². The molecule has 72 valence electrons. The van der Waals surface area contributed by atoms with Gasteiger partial charge in [0.1, 0.15) is 5.75 Å². The number of pyridine rings is 1. The van der Waals surface area contributed by atoms with Gasteiger partial charge in [-0.2, -0.15) is 0 Å². The van der Waals surface area contributed by atoms with Crippen LogP contribution in [-0.2, 0) is 0 Å². The standard InChI is InChI=1S/C6H5BClF3NO/c8-5-1-6(3-12-2-5)13-4-7(9,10)11/h1-3H,4H2/q-1. The van der Waals surface area contributed by atoms with Gasteiger partial charge in [0, 0.05) is 12.3 Å². The summed E-state index contributed by atoms with van der Waals surface area (Å²) in [5.74, 6) is 0.0201. The summed E-state index contributed by atoms with van der Waals surface area (Å²) < 4.78 is 39.6. The number of nitrogens with zero attached hydrogens (tertiary/aromatic N) is 1. The van der Waals surface area contributed by atoms with E-state index in [-0.39, 0.29) is 10.8 Å². The van der Waals surface area contributed by atoms with E-state index in [9.17, 15) is 12.9 Å². The summed E-state index contributed by atoms with van der Waals surface area (Å²) >= 11 is 5.48. The quantitative estimate of drug-likeness (QED) is 0.715. The van der Waals surface area contributed by atoms with Crippen LogP contribution in [-0.4, -0.2) is 18.5 Å². The minimum atomic E-state index is -4.93. The molecule has 1 aromatic heterocycles. The maximum atomic E-state index is 11.7. The Morgan fingerprint density at radius 1 is 1.38 bits per heavy atom. The van der Waals surface area contributed by atoms with Gasteiger partial charge in [-0.15, -0.1) is 0 Å². The molecule has 2 nitrogen and oxygen atoms in total. The summed E-state index contributed by atoms with van der Waals surface area (Å²) in [6.45, 7) is -6.21.